The third-order valence-corrected chi connectivity index (χ3v) is 3.20. The van der Waals surface area contributed by atoms with Crippen LogP contribution in [0.2, 0.25) is 0 Å². The molecule has 0 spiro atoms. The van der Waals surface area contributed by atoms with Gasteiger partial charge in [-0.25, -0.2) is 0 Å². The van der Waals surface area contributed by atoms with E-state index < -0.39 is 0 Å². The maximum absolute atomic E-state index is 5.83. The second-order valence-corrected chi connectivity index (χ2v) is 4.99. The minimum atomic E-state index is 0.533. The SMILES string of the molecule is CC(C)Cc1c(C2CCCC2)noc1N. The number of aromatic nitrogens is 1. The van der Waals surface area contributed by atoms with Gasteiger partial charge in [0.1, 0.15) is 0 Å². The molecule has 1 aliphatic rings. The third kappa shape index (κ3) is 2.16. The predicted octanol–water partition coefficient (Wildman–Crippen LogP) is 3.11. The quantitative estimate of drug-likeness (QED) is 0.830. The molecule has 0 atom stereocenters. The zero-order valence-electron chi connectivity index (χ0n) is 9.62. The smallest absolute Gasteiger partial charge is 0.225 e. The second kappa shape index (κ2) is 4.25. The van der Waals surface area contributed by atoms with Gasteiger partial charge < -0.3 is 10.3 Å². The van der Waals surface area contributed by atoms with Crippen molar-refractivity contribution in [2.45, 2.75) is 51.9 Å². The molecule has 1 aromatic heterocycles. The summed E-state index contributed by atoms with van der Waals surface area (Å²) in [7, 11) is 0. The van der Waals surface area contributed by atoms with Gasteiger partial charge in [-0.3, -0.25) is 0 Å². The van der Waals surface area contributed by atoms with Gasteiger partial charge in [0.05, 0.1) is 5.69 Å². The van der Waals surface area contributed by atoms with Crippen molar-refractivity contribution in [2.75, 3.05) is 5.73 Å². The molecule has 0 saturated heterocycles. The fourth-order valence-electron chi connectivity index (χ4n) is 2.47. The summed E-state index contributed by atoms with van der Waals surface area (Å²) in [4.78, 5) is 0. The minimum absolute atomic E-state index is 0.533. The van der Waals surface area contributed by atoms with Gasteiger partial charge in [0.15, 0.2) is 0 Å². The van der Waals surface area contributed by atoms with Gasteiger partial charge in [-0.05, 0) is 25.2 Å². The molecular formula is C12H20N2O. The van der Waals surface area contributed by atoms with E-state index in [9.17, 15) is 0 Å². The van der Waals surface area contributed by atoms with E-state index in [1.54, 1.807) is 0 Å². The van der Waals surface area contributed by atoms with E-state index in [0.717, 1.165) is 17.7 Å². The molecule has 1 aliphatic carbocycles. The first-order chi connectivity index (χ1) is 7.18. The maximum atomic E-state index is 5.83. The Morgan fingerprint density at radius 2 is 2.07 bits per heavy atom. The molecule has 2 rings (SSSR count). The number of hydrogen-bond acceptors (Lipinski definition) is 3. The van der Waals surface area contributed by atoms with Crippen LogP contribution < -0.4 is 5.73 Å². The predicted molar refractivity (Wildman–Crippen MR) is 60.7 cm³/mol. The molecular weight excluding hydrogens is 188 g/mol. The van der Waals surface area contributed by atoms with Gasteiger partial charge in [0.25, 0.3) is 0 Å². The van der Waals surface area contributed by atoms with Crippen LogP contribution >= 0.6 is 0 Å². The van der Waals surface area contributed by atoms with Crippen LogP contribution in [-0.2, 0) is 6.42 Å². The molecule has 1 saturated carbocycles. The van der Waals surface area contributed by atoms with Gasteiger partial charge >= 0.3 is 0 Å². The Hall–Kier alpha value is -0.990. The molecule has 84 valence electrons. The summed E-state index contributed by atoms with van der Waals surface area (Å²) < 4.78 is 5.14. The summed E-state index contributed by atoms with van der Waals surface area (Å²) in [6.45, 7) is 4.40. The highest BCUT2D eigenvalue weighted by atomic mass is 16.5. The summed E-state index contributed by atoms with van der Waals surface area (Å²) in [5.41, 5.74) is 8.13. The van der Waals surface area contributed by atoms with E-state index >= 15 is 0 Å². The van der Waals surface area contributed by atoms with Crippen LogP contribution in [0, 0.1) is 5.92 Å². The van der Waals surface area contributed by atoms with E-state index in [0.29, 0.717) is 17.7 Å². The molecule has 0 bridgehead atoms. The van der Waals surface area contributed by atoms with E-state index in [2.05, 4.69) is 19.0 Å². The van der Waals surface area contributed by atoms with Crippen LogP contribution in [0.4, 0.5) is 5.88 Å². The third-order valence-electron chi connectivity index (χ3n) is 3.20. The summed E-state index contributed by atoms with van der Waals surface area (Å²) in [6.07, 6.45) is 6.12. The molecule has 1 aromatic rings. The van der Waals surface area contributed by atoms with Crippen molar-refractivity contribution in [1.29, 1.82) is 0 Å². The zero-order chi connectivity index (χ0) is 10.8. The van der Waals surface area contributed by atoms with Crippen molar-refractivity contribution in [3.63, 3.8) is 0 Å². The van der Waals surface area contributed by atoms with Crippen LogP contribution in [0.3, 0.4) is 0 Å². The Morgan fingerprint density at radius 1 is 1.40 bits per heavy atom. The first kappa shape index (κ1) is 10.5. The van der Waals surface area contributed by atoms with Crippen LogP contribution in [0.5, 0.6) is 0 Å². The molecule has 1 fully saturated rings. The van der Waals surface area contributed by atoms with Crippen molar-refractivity contribution < 1.29 is 4.52 Å². The second-order valence-electron chi connectivity index (χ2n) is 4.99. The Labute approximate surface area is 91.0 Å². The summed E-state index contributed by atoms with van der Waals surface area (Å²) in [5.74, 6) is 1.73. The number of anilines is 1. The van der Waals surface area contributed by atoms with Crippen LogP contribution in [0.25, 0.3) is 0 Å². The molecule has 15 heavy (non-hydrogen) atoms. The molecule has 0 unspecified atom stereocenters. The largest absolute Gasteiger partial charge is 0.367 e. The Bertz CT molecular complexity index is 324. The van der Waals surface area contributed by atoms with E-state index in [-0.39, 0.29) is 0 Å². The van der Waals surface area contributed by atoms with Gasteiger partial charge in [-0.15, -0.1) is 0 Å². The lowest BCUT2D eigenvalue weighted by molar-refractivity contribution is 0.420. The normalized spacial score (nSPS) is 17.8. The summed E-state index contributed by atoms with van der Waals surface area (Å²) >= 11 is 0. The highest BCUT2D eigenvalue weighted by Gasteiger charge is 2.25. The lowest BCUT2D eigenvalue weighted by atomic mass is 9.95. The lowest BCUT2D eigenvalue weighted by Crippen LogP contribution is -2.03. The molecule has 3 nitrogen and oxygen atoms in total. The minimum Gasteiger partial charge on any atom is -0.367 e. The Kier molecular flexibility index (Phi) is 2.98. The first-order valence-electron chi connectivity index (χ1n) is 5.92. The number of hydrogen-bond donors (Lipinski definition) is 1. The van der Waals surface area contributed by atoms with Crippen molar-refractivity contribution in [3.8, 4) is 0 Å². The summed E-state index contributed by atoms with van der Waals surface area (Å²) in [6, 6.07) is 0. The van der Waals surface area contributed by atoms with Crippen molar-refractivity contribution in [2.24, 2.45) is 5.92 Å². The summed E-state index contributed by atoms with van der Waals surface area (Å²) in [5, 5.41) is 4.15. The van der Waals surface area contributed by atoms with Gasteiger partial charge in [0.2, 0.25) is 5.88 Å². The number of nitrogens with zero attached hydrogens (tertiary/aromatic N) is 1. The van der Waals surface area contributed by atoms with Crippen molar-refractivity contribution in [3.05, 3.63) is 11.3 Å². The molecule has 0 aromatic carbocycles. The molecule has 0 amide bonds. The average molecular weight is 208 g/mol. The Morgan fingerprint density at radius 3 is 2.67 bits per heavy atom. The van der Waals surface area contributed by atoms with E-state index in [1.165, 1.54) is 25.7 Å². The van der Waals surface area contributed by atoms with Crippen molar-refractivity contribution in [1.82, 2.24) is 5.16 Å². The number of rotatable bonds is 3. The Balaban J connectivity index is 2.22. The molecule has 3 heteroatoms. The van der Waals surface area contributed by atoms with Crippen molar-refractivity contribution >= 4 is 5.88 Å². The molecule has 0 aliphatic heterocycles. The molecule has 1 heterocycles. The standard InChI is InChI=1S/C12H20N2O/c1-8(2)7-10-11(14-15-12(10)13)9-5-3-4-6-9/h8-9H,3-7,13H2,1-2H3. The van der Waals surface area contributed by atoms with E-state index in [1.807, 2.05) is 0 Å². The lowest BCUT2D eigenvalue weighted by Gasteiger charge is -2.09. The first-order valence-corrected chi connectivity index (χ1v) is 5.92. The maximum Gasteiger partial charge on any atom is 0.225 e. The van der Waals surface area contributed by atoms with Crippen LogP contribution in [0.1, 0.15) is 56.7 Å². The number of nitrogen functional groups attached to an aromatic ring is 1. The topological polar surface area (TPSA) is 52.0 Å². The number of nitrogens with two attached hydrogens (primary N) is 1. The monoisotopic (exact) mass is 208 g/mol. The van der Waals surface area contributed by atoms with Gasteiger partial charge in [-0.1, -0.05) is 31.8 Å². The van der Waals surface area contributed by atoms with E-state index in [4.69, 9.17) is 10.3 Å². The zero-order valence-corrected chi connectivity index (χ0v) is 9.62. The fraction of sp³-hybridized carbons (Fsp3) is 0.750. The average Bonchev–Trinajstić information content (AvgIpc) is 2.76. The highest BCUT2D eigenvalue weighted by molar-refractivity contribution is 5.41. The van der Waals surface area contributed by atoms with Crippen LogP contribution in [-0.4, -0.2) is 5.16 Å². The molecule has 0 radical (unpaired) electrons. The molecule has 2 N–H and O–H groups in total. The van der Waals surface area contributed by atoms with Gasteiger partial charge in [-0.2, -0.15) is 0 Å². The van der Waals surface area contributed by atoms with Gasteiger partial charge in [0, 0.05) is 11.5 Å². The fourth-order valence-corrected chi connectivity index (χ4v) is 2.47. The van der Waals surface area contributed by atoms with Crippen LogP contribution in [0.15, 0.2) is 4.52 Å². The highest BCUT2D eigenvalue weighted by Crippen LogP contribution is 2.37.